The van der Waals surface area contributed by atoms with E-state index in [-0.39, 0.29) is 0 Å². The molecule has 0 aromatic heterocycles. The van der Waals surface area contributed by atoms with Gasteiger partial charge >= 0.3 is 0 Å². The van der Waals surface area contributed by atoms with Crippen LogP contribution in [0.25, 0.3) is 0 Å². The van der Waals surface area contributed by atoms with Crippen LogP contribution in [0.2, 0.25) is 0 Å². The number of hydrogen-bond donors (Lipinski definition) is 1. The van der Waals surface area contributed by atoms with Gasteiger partial charge in [0.25, 0.3) is 10.1 Å². The Kier molecular flexibility index (Phi) is 3.09. The standard InChI is InChI=1S/C7H14O4S/c1-6(12(8,9)10)4-7-2-3-11-5-7/h6-7H,2-5H2,1H3,(H,8,9,10)/t6?,7-/m0/s1. The van der Waals surface area contributed by atoms with Crippen LogP contribution < -0.4 is 0 Å². The maximum atomic E-state index is 10.6. The molecular formula is C7H14O4S. The highest BCUT2D eigenvalue weighted by atomic mass is 32.2. The third kappa shape index (κ3) is 2.73. The van der Waals surface area contributed by atoms with Crippen LogP contribution >= 0.6 is 0 Å². The van der Waals surface area contributed by atoms with E-state index in [2.05, 4.69) is 0 Å². The van der Waals surface area contributed by atoms with Crippen LogP contribution in [-0.2, 0) is 14.9 Å². The van der Waals surface area contributed by atoms with Gasteiger partial charge in [0, 0.05) is 13.2 Å². The van der Waals surface area contributed by atoms with Crippen molar-refractivity contribution in [3.63, 3.8) is 0 Å². The number of ether oxygens (including phenoxy) is 1. The summed E-state index contributed by atoms with van der Waals surface area (Å²) >= 11 is 0. The Hall–Kier alpha value is -0.130. The van der Waals surface area contributed by atoms with Gasteiger partial charge in [0.05, 0.1) is 5.25 Å². The lowest BCUT2D eigenvalue weighted by atomic mass is 10.0. The molecule has 0 aliphatic carbocycles. The normalized spacial score (nSPS) is 27.3. The first-order valence-electron chi connectivity index (χ1n) is 4.04. The van der Waals surface area contributed by atoms with Crippen molar-refractivity contribution in [3.05, 3.63) is 0 Å². The molecule has 0 radical (unpaired) electrons. The predicted octanol–water partition coefficient (Wildman–Crippen LogP) is 0.689. The molecule has 1 heterocycles. The van der Waals surface area contributed by atoms with Crippen molar-refractivity contribution in [3.8, 4) is 0 Å². The van der Waals surface area contributed by atoms with E-state index in [1.54, 1.807) is 0 Å². The number of rotatable bonds is 3. The Bertz CT molecular complexity index is 228. The largest absolute Gasteiger partial charge is 0.381 e. The zero-order valence-electron chi connectivity index (χ0n) is 7.06. The molecular weight excluding hydrogens is 180 g/mol. The molecule has 0 aromatic rings. The van der Waals surface area contributed by atoms with Gasteiger partial charge in [-0.25, -0.2) is 0 Å². The van der Waals surface area contributed by atoms with Crippen LogP contribution in [0.15, 0.2) is 0 Å². The topological polar surface area (TPSA) is 63.6 Å². The summed E-state index contributed by atoms with van der Waals surface area (Å²) in [5.41, 5.74) is 0. The summed E-state index contributed by atoms with van der Waals surface area (Å²) < 4.78 is 35.0. The van der Waals surface area contributed by atoms with E-state index in [0.29, 0.717) is 25.6 Å². The molecule has 0 bridgehead atoms. The van der Waals surface area contributed by atoms with Crippen molar-refractivity contribution < 1.29 is 17.7 Å². The van der Waals surface area contributed by atoms with Gasteiger partial charge in [-0.3, -0.25) is 4.55 Å². The van der Waals surface area contributed by atoms with Gasteiger partial charge in [0.15, 0.2) is 0 Å². The van der Waals surface area contributed by atoms with Crippen molar-refractivity contribution in [1.82, 2.24) is 0 Å². The second-order valence-electron chi connectivity index (χ2n) is 3.29. The fourth-order valence-electron chi connectivity index (χ4n) is 1.36. The summed E-state index contributed by atoms with van der Waals surface area (Å²) in [6.07, 6.45) is 1.40. The molecule has 5 heteroatoms. The molecule has 0 spiro atoms. The molecule has 2 atom stereocenters. The summed E-state index contributed by atoms with van der Waals surface area (Å²) in [5, 5.41) is -0.663. The molecule has 0 saturated carbocycles. The smallest absolute Gasteiger partial charge is 0.267 e. The molecule has 4 nitrogen and oxygen atoms in total. The van der Waals surface area contributed by atoms with Crippen LogP contribution in [0.4, 0.5) is 0 Å². The highest BCUT2D eigenvalue weighted by Gasteiger charge is 2.24. The highest BCUT2D eigenvalue weighted by Crippen LogP contribution is 2.20. The summed E-state index contributed by atoms with van der Waals surface area (Å²) in [7, 11) is -3.85. The van der Waals surface area contributed by atoms with E-state index in [1.807, 2.05) is 0 Å². The minimum absolute atomic E-state index is 0.293. The summed E-state index contributed by atoms with van der Waals surface area (Å²) in [6, 6.07) is 0. The van der Waals surface area contributed by atoms with Crippen molar-refractivity contribution in [2.75, 3.05) is 13.2 Å². The van der Waals surface area contributed by atoms with Gasteiger partial charge in [-0.05, 0) is 25.7 Å². The van der Waals surface area contributed by atoms with Crippen LogP contribution in [0.3, 0.4) is 0 Å². The Balaban J connectivity index is 2.40. The lowest BCUT2D eigenvalue weighted by Crippen LogP contribution is -2.20. The highest BCUT2D eigenvalue weighted by molar-refractivity contribution is 7.86. The lowest BCUT2D eigenvalue weighted by molar-refractivity contribution is 0.184. The first kappa shape index (κ1) is 9.95. The lowest BCUT2D eigenvalue weighted by Gasteiger charge is -2.11. The first-order valence-corrected chi connectivity index (χ1v) is 5.54. The Morgan fingerprint density at radius 3 is 2.75 bits per heavy atom. The molecule has 1 aliphatic heterocycles. The van der Waals surface area contributed by atoms with Gasteiger partial charge in [0.2, 0.25) is 0 Å². The minimum atomic E-state index is -3.85. The fraction of sp³-hybridized carbons (Fsp3) is 1.00. The number of hydrogen-bond acceptors (Lipinski definition) is 3. The van der Waals surface area contributed by atoms with Crippen molar-refractivity contribution in [2.45, 2.75) is 25.0 Å². The average Bonchev–Trinajstić information content (AvgIpc) is 2.37. The zero-order chi connectivity index (χ0) is 9.19. The molecule has 1 rings (SSSR count). The minimum Gasteiger partial charge on any atom is -0.381 e. The fourth-order valence-corrected chi connectivity index (χ4v) is 1.88. The average molecular weight is 194 g/mol. The Labute approximate surface area is 72.7 Å². The third-order valence-corrected chi connectivity index (χ3v) is 3.41. The maximum Gasteiger partial charge on any atom is 0.267 e. The first-order chi connectivity index (χ1) is 5.50. The van der Waals surface area contributed by atoms with Gasteiger partial charge in [0.1, 0.15) is 0 Å². The molecule has 1 fully saturated rings. The molecule has 1 saturated heterocycles. The second kappa shape index (κ2) is 3.72. The molecule has 12 heavy (non-hydrogen) atoms. The zero-order valence-corrected chi connectivity index (χ0v) is 7.88. The quantitative estimate of drug-likeness (QED) is 0.671. The van der Waals surface area contributed by atoms with E-state index >= 15 is 0 Å². The van der Waals surface area contributed by atoms with Gasteiger partial charge in [-0.15, -0.1) is 0 Å². The van der Waals surface area contributed by atoms with Crippen LogP contribution in [0.1, 0.15) is 19.8 Å². The van der Waals surface area contributed by atoms with Crippen molar-refractivity contribution in [1.29, 1.82) is 0 Å². The van der Waals surface area contributed by atoms with Crippen molar-refractivity contribution >= 4 is 10.1 Å². The Morgan fingerprint density at radius 1 is 1.67 bits per heavy atom. The summed E-state index contributed by atoms with van der Waals surface area (Å²) in [6.45, 7) is 2.86. The molecule has 0 aromatic carbocycles. The molecule has 1 N–H and O–H groups in total. The van der Waals surface area contributed by atoms with Crippen molar-refractivity contribution in [2.24, 2.45) is 5.92 Å². The SMILES string of the molecule is CC(C[C@@H]1CCOC1)S(=O)(=O)O. The van der Waals surface area contributed by atoms with E-state index in [1.165, 1.54) is 6.92 Å². The van der Waals surface area contributed by atoms with Gasteiger partial charge in [-0.1, -0.05) is 0 Å². The summed E-state index contributed by atoms with van der Waals surface area (Å²) in [5.74, 6) is 0.293. The van der Waals surface area contributed by atoms with Gasteiger partial charge in [-0.2, -0.15) is 8.42 Å². The molecule has 1 aliphatic rings. The third-order valence-electron chi connectivity index (χ3n) is 2.20. The van der Waals surface area contributed by atoms with Crippen LogP contribution in [-0.4, -0.2) is 31.4 Å². The molecule has 0 amide bonds. The van der Waals surface area contributed by atoms with Gasteiger partial charge < -0.3 is 4.74 Å². The maximum absolute atomic E-state index is 10.6. The second-order valence-corrected chi connectivity index (χ2v) is 5.13. The van der Waals surface area contributed by atoms with E-state index in [0.717, 1.165) is 6.42 Å². The van der Waals surface area contributed by atoms with E-state index < -0.39 is 15.4 Å². The molecule has 1 unspecified atom stereocenters. The predicted molar refractivity (Wildman–Crippen MR) is 44.6 cm³/mol. The Morgan fingerprint density at radius 2 is 2.33 bits per heavy atom. The summed E-state index contributed by atoms with van der Waals surface area (Å²) in [4.78, 5) is 0. The van der Waals surface area contributed by atoms with E-state index in [4.69, 9.17) is 9.29 Å². The molecule has 72 valence electrons. The van der Waals surface area contributed by atoms with E-state index in [9.17, 15) is 8.42 Å². The van der Waals surface area contributed by atoms with Crippen LogP contribution in [0.5, 0.6) is 0 Å². The monoisotopic (exact) mass is 194 g/mol. The van der Waals surface area contributed by atoms with Crippen LogP contribution in [0, 0.1) is 5.92 Å².